The standard InChI is InChI=1S/C8H6N2O2/c11-8(12)5-1-2-10-7-4-9-3-6(5)7/h1-4,9H,(H,11,12). The molecule has 0 radical (unpaired) electrons. The monoisotopic (exact) mass is 162 g/mol. The predicted molar refractivity (Wildman–Crippen MR) is 43.1 cm³/mol. The molecule has 2 heterocycles. The average Bonchev–Trinajstić information content (AvgIpc) is 2.49. The molecule has 2 aromatic rings. The van der Waals surface area contributed by atoms with Gasteiger partial charge in [-0.2, -0.15) is 0 Å². The van der Waals surface area contributed by atoms with Gasteiger partial charge in [0, 0.05) is 24.0 Å². The molecule has 0 unspecified atom stereocenters. The molecule has 0 fully saturated rings. The van der Waals surface area contributed by atoms with Crippen molar-refractivity contribution in [3.63, 3.8) is 0 Å². The van der Waals surface area contributed by atoms with Gasteiger partial charge in [0.05, 0.1) is 11.1 Å². The van der Waals surface area contributed by atoms with Gasteiger partial charge in [-0.1, -0.05) is 0 Å². The molecule has 2 N–H and O–H groups in total. The van der Waals surface area contributed by atoms with E-state index in [0.29, 0.717) is 10.9 Å². The molecule has 0 saturated carbocycles. The van der Waals surface area contributed by atoms with Crippen molar-refractivity contribution >= 4 is 16.9 Å². The minimum Gasteiger partial charge on any atom is -0.478 e. The third-order valence-electron chi connectivity index (χ3n) is 1.70. The van der Waals surface area contributed by atoms with Gasteiger partial charge in [0.1, 0.15) is 0 Å². The highest BCUT2D eigenvalue weighted by Crippen LogP contribution is 2.14. The summed E-state index contributed by atoms with van der Waals surface area (Å²) in [5.41, 5.74) is 0.955. The number of nitrogens with one attached hydrogen (secondary N) is 1. The summed E-state index contributed by atoms with van der Waals surface area (Å²) in [7, 11) is 0. The fourth-order valence-corrected chi connectivity index (χ4v) is 1.15. The Kier molecular flexibility index (Phi) is 1.33. The van der Waals surface area contributed by atoms with Crippen LogP contribution in [0.2, 0.25) is 0 Å². The topological polar surface area (TPSA) is 66.0 Å². The molecule has 0 aromatic carbocycles. The normalized spacial score (nSPS) is 10.3. The first-order valence-electron chi connectivity index (χ1n) is 3.44. The molecule has 0 saturated heterocycles. The molecule has 0 aliphatic heterocycles. The number of hydrogen-bond donors (Lipinski definition) is 2. The van der Waals surface area contributed by atoms with Crippen molar-refractivity contribution in [1.82, 2.24) is 9.97 Å². The van der Waals surface area contributed by atoms with Crippen LogP contribution in [0, 0.1) is 0 Å². The molecule has 0 aliphatic carbocycles. The number of hydrogen-bond acceptors (Lipinski definition) is 2. The first kappa shape index (κ1) is 6.84. The van der Waals surface area contributed by atoms with Crippen LogP contribution in [0.3, 0.4) is 0 Å². The van der Waals surface area contributed by atoms with E-state index in [0.717, 1.165) is 0 Å². The van der Waals surface area contributed by atoms with Gasteiger partial charge in [-0.25, -0.2) is 4.79 Å². The van der Waals surface area contributed by atoms with Crippen LogP contribution in [0.25, 0.3) is 10.9 Å². The third-order valence-corrected chi connectivity index (χ3v) is 1.70. The molecule has 0 aliphatic rings. The third kappa shape index (κ3) is 0.852. The van der Waals surface area contributed by atoms with Crippen molar-refractivity contribution in [2.45, 2.75) is 0 Å². The highest BCUT2D eigenvalue weighted by molar-refractivity contribution is 6.02. The average molecular weight is 162 g/mol. The van der Waals surface area contributed by atoms with Gasteiger partial charge < -0.3 is 10.1 Å². The van der Waals surface area contributed by atoms with Gasteiger partial charge in [-0.15, -0.1) is 0 Å². The molecular formula is C8H6N2O2. The molecule has 0 atom stereocenters. The Morgan fingerprint density at radius 3 is 3.08 bits per heavy atom. The van der Waals surface area contributed by atoms with Crippen molar-refractivity contribution < 1.29 is 9.90 Å². The molecule has 0 amide bonds. The van der Waals surface area contributed by atoms with Crippen molar-refractivity contribution in [3.8, 4) is 0 Å². The number of rotatable bonds is 1. The number of carboxylic acids is 1. The van der Waals surface area contributed by atoms with Crippen LogP contribution in [0.5, 0.6) is 0 Å². The molecule has 0 spiro atoms. The molecule has 12 heavy (non-hydrogen) atoms. The molecular weight excluding hydrogens is 156 g/mol. The maximum Gasteiger partial charge on any atom is 0.336 e. The lowest BCUT2D eigenvalue weighted by molar-refractivity contribution is 0.0699. The van der Waals surface area contributed by atoms with Gasteiger partial charge in [0.15, 0.2) is 0 Å². The SMILES string of the molecule is O=C(O)c1ccnc2c[nH]cc12. The fraction of sp³-hybridized carbons (Fsp3) is 0. The Bertz CT molecular complexity index is 433. The minimum atomic E-state index is -0.929. The highest BCUT2D eigenvalue weighted by Gasteiger charge is 2.07. The van der Waals surface area contributed by atoms with Crippen molar-refractivity contribution in [3.05, 3.63) is 30.2 Å². The largest absolute Gasteiger partial charge is 0.478 e. The quantitative estimate of drug-likeness (QED) is 0.663. The molecule has 4 nitrogen and oxygen atoms in total. The summed E-state index contributed by atoms with van der Waals surface area (Å²) >= 11 is 0. The fourth-order valence-electron chi connectivity index (χ4n) is 1.15. The smallest absolute Gasteiger partial charge is 0.336 e. The number of aromatic nitrogens is 2. The zero-order valence-corrected chi connectivity index (χ0v) is 6.11. The van der Waals surface area contributed by atoms with Gasteiger partial charge in [0.2, 0.25) is 0 Å². The number of aromatic amines is 1. The molecule has 60 valence electrons. The lowest BCUT2D eigenvalue weighted by Gasteiger charge is -1.93. The summed E-state index contributed by atoms with van der Waals surface area (Å²) in [5, 5.41) is 9.40. The second-order valence-corrected chi connectivity index (χ2v) is 2.42. The molecule has 2 aromatic heterocycles. The van der Waals surface area contributed by atoms with E-state index in [1.807, 2.05) is 0 Å². The van der Waals surface area contributed by atoms with Crippen molar-refractivity contribution in [2.75, 3.05) is 0 Å². The number of carbonyl (C=O) groups is 1. The van der Waals surface area contributed by atoms with Crippen LogP contribution >= 0.6 is 0 Å². The summed E-state index contributed by atoms with van der Waals surface area (Å²) in [6, 6.07) is 1.48. The van der Waals surface area contributed by atoms with E-state index in [4.69, 9.17) is 5.11 Å². The van der Waals surface area contributed by atoms with Crippen LogP contribution in [-0.2, 0) is 0 Å². The molecule has 0 bridgehead atoms. The van der Waals surface area contributed by atoms with Crippen molar-refractivity contribution in [1.29, 1.82) is 0 Å². The van der Waals surface area contributed by atoms with Crippen LogP contribution in [-0.4, -0.2) is 21.0 Å². The van der Waals surface area contributed by atoms with E-state index in [2.05, 4.69) is 9.97 Å². The van der Waals surface area contributed by atoms with E-state index in [-0.39, 0.29) is 5.56 Å². The number of nitrogens with zero attached hydrogens (tertiary/aromatic N) is 1. The number of aromatic carboxylic acids is 1. The van der Waals surface area contributed by atoms with E-state index in [1.54, 1.807) is 12.4 Å². The molecule has 2 rings (SSSR count). The molecule has 4 heteroatoms. The van der Waals surface area contributed by atoms with Gasteiger partial charge in [0.25, 0.3) is 0 Å². The Hall–Kier alpha value is -1.84. The summed E-state index contributed by atoms with van der Waals surface area (Å²) in [5.74, 6) is -0.929. The summed E-state index contributed by atoms with van der Waals surface area (Å²) < 4.78 is 0. The Balaban J connectivity index is 2.82. The maximum absolute atomic E-state index is 10.7. The first-order valence-corrected chi connectivity index (χ1v) is 3.44. The Morgan fingerprint density at radius 2 is 2.33 bits per heavy atom. The number of carboxylic acid groups (broad SMARTS) is 1. The maximum atomic E-state index is 10.7. The number of fused-ring (bicyclic) bond motifs is 1. The second-order valence-electron chi connectivity index (χ2n) is 2.42. The summed E-state index contributed by atoms with van der Waals surface area (Å²) in [6.45, 7) is 0. The first-order chi connectivity index (χ1) is 5.79. The minimum absolute atomic E-state index is 0.279. The van der Waals surface area contributed by atoms with Gasteiger partial charge in [-0.3, -0.25) is 4.98 Å². The zero-order chi connectivity index (χ0) is 8.55. The Labute approximate surface area is 67.9 Å². The van der Waals surface area contributed by atoms with E-state index >= 15 is 0 Å². The van der Waals surface area contributed by atoms with Crippen LogP contribution < -0.4 is 0 Å². The summed E-state index contributed by atoms with van der Waals surface area (Å²) in [6.07, 6.45) is 4.78. The van der Waals surface area contributed by atoms with Gasteiger partial charge >= 0.3 is 5.97 Å². The lowest BCUT2D eigenvalue weighted by atomic mass is 10.2. The van der Waals surface area contributed by atoms with E-state index in [1.165, 1.54) is 12.3 Å². The zero-order valence-electron chi connectivity index (χ0n) is 6.11. The number of H-pyrrole nitrogens is 1. The lowest BCUT2D eigenvalue weighted by Crippen LogP contribution is -1.96. The summed E-state index contributed by atoms with van der Waals surface area (Å²) in [4.78, 5) is 17.5. The van der Waals surface area contributed by atoms with Crippen LogP contribution in [0.4, 0.5) is 0 Å². The Morgan fingerprint density at radius 1 is 1.50 bits per heavy atom. The number of pyridine rings is 1. The van der Waals surface area contributed by atoms with Crippen molar-refractivity contribution in [2.24, 2.45) is 0 Å². The second kappa shape index (κ2) is 2.34. The van der Waals surface area contributed by atoms with E-state index in [9.17, 15) is 4.79 Å². The van der Waals surface area contributed by atoms with Crippen LogP contribution in [0.15, 0.2) is 24.7 Å². The van der Waals surface area contributed by atoms with Gasteiger partial charge in [-0.05, 0) is 6.07 Å². The van der Waals surface area contributed by atoms with Crippen LogP contribution in [0.1, 0.15) is 10.4 Å². The predicted octanol–water partition coefficient (Wildman–Crippen LogP) is 1.26. The highest BCUT2D eigenvalue weighted by atomic mass is 16.4. The van der Waals surface area contributed by atoms with E-state index < -0.39 is 5.97 Å².